The first-order chi connectivity index (χ1) is 5.75. The van der Waals surface area contributed by atoms with Crippen LogP contribution in [0, 0.1) is 5.82 Å². The van der Waals surface area contributed by atoms with E-state index in [0.29, 0.717) is 12.2 Å². The van der Waals surface area contributed by atoms with Gasteiger partial charge in [-0.3, -0.25) is 4.99 Å². The fraction of sp³-hybridized carbons (Fsp3) is 0.222. The van der Waals surface area contributed by atoms with E-state index in [2.05, 4.69) is 10.3 Å². The number of hydrogen-bond donors (Lipinski definition) is 1. The highest BCUT2D eigenvalue weighted by Gasteiger charge is 2.07. The lowest BCUT2D eigenvalue weighted by Gasteiger charge is -2.03. The van der Waals surface area contributed by atoms with Crippen LogP contribution >= 0.6 is 0 Å². The summed E-state index contributed by atoms with van der Waals surface area (Å²) in [7, 11) is 0. The minimum absolute atomic E-state index is 0.227. The third kappa shape index (κ3) is 1.18. The highest BCUT2D eigenvalue weighted by atomic mass is 19.1. The number of amidine groups is 1. The van der Waals surface area contributed by atoms with Crippen LogP contribution in [0.3, 0.4) is 0 Å². The number of nitrogens with zero attached hydrogens (tertiary/aromatic N) is 1. The van der Waals surface area contributed by atoms with Crippen molar-refractivity contribution >= 4 is 11.5 Å². The fourth-order valence-corrected chi connectivity index (χ4v) is 1.21. The molecule has 2 nitrogen and oxygen atoms in total. The molecule has 0 saturated heterocycles. The Bertz CT molecular complexity index is 344. The van der Waals surface area contributed by atoms with Crippen molar-refractivity contribution in [1.29, 1.82) is 0 Å². The van der Waals surface area contributed by atoms with Crippen LogP contribution in [0.15, 0.2) is 23.2 Å². The van der Waals surface area contributed by atoms with Crippen molar-refractivity contribution in [1.82, 2.24) is 0 Å². The van der Waals surface area contributed by atoms with Crippen LogP contribution in [0.4, 0.5) is 10.1 Å². The van der Waals surface area contributed by atoms with Gasteiger partial charge in [-0.15, -0.1) is 0 Å². The average molecular weight is 164 g/mol. The molecule has 0 amide bonds. The van der Waals surface area contributed by atoms with Crippen molar-refractivity contribution in [2.24, 2.45) is 4.99 Å². The zero-order chi connectivity index (χ0) is 8.55. The quantitative estimate of drug-likeness (QED) is 0.624. The predicted octanol–water partition coefficient (Wildman–Crippen LogP) is 2.17. The minimum Gasteiger partial charge on any atom is -0.342 e. The lowest BCUT2D eigenvalue weighted by molar-refractivity contribution is 0.632. The van der Waals surface area contributed by atoms with E-state index in [1.165, 1.54) is 6.07 Å². The van der Waals surface area contributed by atoms with Gasteiger partial charge in [0.25, 0.3) is 0 Å². The molecule has 2 bridgehead atoms. The molecule has 1 aliphatic heterocycles. The lowest BCUT2D eigenvalue weighted by Crippen LogP contribution is -2.06. The summed E-state index contributed by atoms with van der Waals surface area (Å²) >= 11 is 0. The van der Waals surface area contributed by atoms with Gasteiger partial charge >= 0.3 is 0 Å². The van der Waals surface area contributed by atoms with Crippen LogP contribution in [0.1, 0.15) is 12.5 Å². The Morgan fingerprint density at radius 3 is 3.17 bits per heavy atom. The van der Waals surface area contributed by atoms with Crippen LogP contribution < -0.4 is 5.32 Å². The van der Waals surface area contributed by atoms with Crippen molar-refractivity contribution in [2.75, 3.05) is 5.32 Å². The molecule has 1 aliphatic rings. The number of rotatable bonds is 0. The zero-order valence-electron chi connectivity index (χ0n) is 6.76. The predicted molar refractivity (Wildman–Crippen MR) is 46.8 cm³/mol. The molecule has 62 valence electrons. The maximum absolute atomic E-state index is 13.0. The van der Waals surface area contributed by atoms with Gasteiger partial charge in [0, 0.05) is 0 Å². The minimum atomic E-state index is -0.227. The van der Waals surface area contributed by atoms with Gasteiger partial charge in [0.05, 0.1) is 18.1 Å². The van der Waals surface area contributed by atoms with Gasteiger partial charge in [-0.05, 0) is 24.6 Å². The molecule has 0 unspecified atom stereocenters. The molecule has 0 spiro atoms. The largest absolute Gasteiger partial charge is 0.342 e. The Kier molecular flexibility index (Phi) is 1.57. The molecule has 3 heteroatoms. The molecule has 2 rings (SSSR count). The van der Waals surface area contributed by atoms with Crippen LogP contribution in [-0.2, 0) is 6.54 Å². The molecule has 0 aromatic heterocycles. The number of fused-ring (bicyclic) bond motifs is 2. The summed E-state index contributed by atoms with van der Waals surface area (Å²) in [6.07, 6.45) is 0. The summed E-state index contributed by atoms with van der Waals surface area (Å²) in [5.74, 6) is 0.533. The summed E-state index contributed by atoms with van der Waals surface area (Å²) in [4.78, 5) is 4.19. The smallest absolute Gasteiger partial charge is 0.146 e. The number of nitrogens with one attached hydrogen (secondary N) is 1. The van der Waals surface area contributed by atoms with Gasteiger partial charge in [0.15, 0.2) is 0 Å². The molecule has 0 fully saturated rings. The first-order valence-electron chi connectivity index (χ1n) is 3.82. The molecule has 0 radical (unpaired) electrons. The van der Waals surface area contributed by atoms with Crippen molar-refractivity contribution in [3.05, 3.63) is 29.6 Å². The Morgan fingerprint density at radius 1 is 1.50 bits per heavy atom. The zero-order valence-corrected chi connectivity index (χ0v) is 6.76. The SMILES string of the molecule is CC1=NCc2ccc(F)c(c2)N1. The van der Waals surface area contributed by atoms with E-state index >= 15 is 0 Å². The van der Waals surface area contributed by atoms with Gasteiger partial charge in [-0.2, -0.15) is 0 Å². The maximum Gasteiger partial charge on any atom is 0.146 e. The van der Waals surface area contributed by atoms with E-state index in [1.807, 2.05) is 6.92 Å². The normalized spacial score (nSPS) is 14.7. The second-order valence-electron chi connectivity index (χ2n) is 2.84. The van der Waals surface area contributed by atoms with E-state index in [4.69, 9.17) is 0 Å². The van der Waals surface area contributed by atoms with E-state index in [0.717, 1.165) is 11.4 Å². The Morgan fingerprint density at radius 2 is 2.33 bits per heavy atom. The Hall–Kier alpha value is -1.38. The van der Waals surface area contributed by atoms with Crippen LogP contribution in [-0.4, -0.2) is 5.84 Å². The van der Waals surface area contributed by atoms with Gasteiger partial charge in [0.1, 0.15) is 5.82 Å². The highest BCUT2D eigenvalue weighted by Crippen LogP contribution is 2.19. The Balaban J connectivity index is 2.52. The molecule has 1 heterocycles. The van der Waals surface area contributed by atoms with Crippen LogP contribution in [0.5, 0.6) is 0 Å². The molecule has 1 N–H and O–H groups in total. The third-order valence-corrected chi connectivity index (χ3v) is 1.85. The molecule has 12 heavy (non-hydrogen) atoms. The number of benzene rings is 1. The van der Waals surface area contributed by atoms with E-state index in [1.54, 1.807) is 12.1 Å². The monoisotopic (exact) mass is 164 g/mol. The number of hydrogen-bond acceptors (Lipinski definition) is 2. The third-order valence-electron chi connectivity index (χ3n) is 1.85. The summed E-state index contributed by atoms with van der Waals surface area (Å²) in [6, 6.07) is 5.00. The van der Waals surface area contributed by atoms with E-state index in [9.17, 15) is 4.39 Å². The standard InChI is InChI=1S/C9H9FN2/c1-6-11-5-7-2-3-8(10)9(4-7)12-6/h2-4H,5H2,1H3,(H,11,12). The summed E-state index contributed by atoms with van der Waals surface area (Å²) < 4.78 is 13.0. The molecular formula is C9H9FN2. The Labute approximate surface area is 70.1 Å². The molecule has 0 saturated carbocycles. The second kappa shape index (κ2) is 2.59. The molecular weight excluding hydrogens is 155 g/mol. The lowest BCUT2D eigenvalue weighted by atomic mass is 10.2. The average Bonchev–Trinajstić information content (AvgIpc) is 2.20. The van der Waals surface area contributed by atoms with Crippen molar-refractivity contribution in [2.45, 2.75) is 13.5 Å². The molecule has 0 atom stereocenters. The summed E-state index contributed by atoms with van der Waals surface area (Å²) in [5, 5.41) is 2.89. The molecule has 0 aliphatic carbocycles. The van der Waals surface area contributed by atoms with Crippen molar-refractivity contribution < 1.29 is 4.39 Å². The summed E-state index contributed by atoms with van der Waals surface area (Å²) in [6.45, 7) is 2.46. The maximum atomic E-state index is 13.0. The van der Waals surface area contributed by atoms with Gasteiger partial charge in [-0.1, -0.05) is 6.07 Å². The number of anilines is 1. The van der Waals surface area contributed by atoms with Gasteiger partial charge in [-0.25, -0.2) is 4.39 Å². The molecule has 1 aromatic rings. The first kappa shape index (κ1) is 7.28. The molecule has 1 aromatic carbocycles. The van der Waals surface area contributed by atoms with Crippen molar-refractivity contribution in [3.8, 4) is 0 Å². The van der Waals surface area contributed by atoms with Crippen LogP contribution in [0.25, 0.3) is 0 Å². The second-order valence-corrected chi connectivity index (χ2v) is 2.84. The first-order valence-corrected chi connectivity index (χ1v) is 3.82. The number of halogens is 1. The van der Waals surface area contributed by atoms with Gasteiger partial charge < -0.3 is 5.32 Å². The topological polar surface area (TPSA) is 24.4 Å². The van der Waals surface area contributed by atoms with E-state index in [-0.39, 0.29) is 5.82 Å². The number of aliphatic imine (C=N–C) groups is 1. The highest BCUT2D eigenvalue weighted by molar-refractivity contribution is 5.94. The van der Waals surface area contributed by atoms with E-state index < -0.39 is 0 Å². The van der Waals surface area contributed by atoms with Crippen LogP contribution in [0.2, 0.25) is 0 Å². The van der Waals surface area contributed by atoms with Crippen molar-refractivity contribution in [3.63, 3.8) is 0 Å². The summed E-state index contributed by atoms with van der Waals surface area (Å²) in [5.41, 5.74) is 1.56. The fourth-order valence-electron chi connectivity index (χ4n) is 1.21. The van der Waals surface area contributed by atoms with Gasteiger partial charge in [0.2, 0.25) is 0 Å².